The lowest BCUT2D eigenvalue weighted by Gasteiger charge is -2.05. The average Bonchev–Trinajstić information content (AvgIpc) is 2.76. The highest BCUT2D eigenvalue weighted by molar-refractivity contribution is 7.16. The van der Waals surface area contributed by atoms with Gasteiger partial charge in [0.25, 0.3) is 0 Å². The number of nitrogens with one attached hydrogen (secondary N) is 1. The molecule has 0 aliphatic carbocycles. The predicted octanol–water partition coefficient (Wildman–Crippen LogP) is 3.80. The van der Waals surface area contributed by atoms with Crippen LogP contribution in [0.1, 0.15) is 23.9 Å². The van der Waals surface area contributed by atoms with Crippen LogP contribution in [0.2, 0.25) is 4.34 Å². The molecule has 0 spiro atoms. The van der Waals surface area contributed by atoms with Crippen molar-refractivity contribution in [2.75, 3.05) is 11.9 Å². The first-order chi connectivity index (χ1) is 8.78. The molecule has 0 amide bonds. The summed E-state index contributed by atoms with van der Waals surface area (Å²) in [5.74, 6) is 0.899. The molecule has 0 bridgehead atoms. The largest absolute Gasteiger partial charge is 0.370 e. The first-order valence-electron chi connectivity index (χ1n) is 6.07. The van der Waals surface area contributed by atoms with Gasteiger partial charge in [0, 0.05) is 23.2 Å². The molecule has 0 aliphatic heterocycles. The van der Waals surface area contributed by atoms with Crippen molar-refractivity contribution in [3.05, 3.63) is 39.4 Å². The Labute approximate surface area is 116 Å². The highest BCUT2D eigenvalue weighted by Gasteiger charge is 2.00. The monoisotopic (exact) mass is 281 g/mol. The van der Waals surface area contributed by atoms with Crippen LogP contribution in [-0.2, 0) is 12.8 Å². The minimum Gasteiger partial charge on any atom is -0.370 e. The zero-order valence-corrected chi connectivity index (χ0v) is 11.9. The van der Waals surface area contributed by atoms with E-state index in [4.69, 9.17) is 11.6 Å². The normalized spacial score (nSPS) is 10.6. The van der Waals surface area contributed by atoms with Crippen molar-refractivity contribution in [1.29, 1.82) is 0 Å². The van der Waals surface area contributed by atoms with Crippen LogP contribution >= 0.6 is 22.9 Å². The summed E-state index contributed by atoms with van der Waals surface area (Å²) in [5.41, 5.74) is 1.09. The van der Waals surface area contributed by atoms with Gasteiger partial charge in [-0.15, -0.1) is 11.3 Å². The fourth-order valence-corrected chi connectivity index (χ4v) is 2.77. The second-order valence-electron chi connectivity index (χ2n) is 4.03. The second-order valence-corrected chi connectivity index (χ2v) is 5.83. The highest BCUT2D eigenvalue weighted by Crippen LogP contribution is 2.21. The SMILES string of the molecule is CCCc1cc(NCCc2ccc(Cl)s2)ncn1. The van der Waals surface area contributed by atoms with E-state index in [1.54, 1.807) is 17.7 Å². The van der Waals surface area contributed by atoms with Gasteiger partial charge in [-0.05, 0) is 25.0 Å². The van der Waals surface area contributed by atoms with Gasteiger partial charge >= 0.3 is 0 Å². The lowest BCUT2D eigenvalue weighted by Crippen LogP contribution is -2.06. The van der Waals surface area contributed by atoms with Gasteiger partial charge in [0.05, 0.1) is 4.34 Å². The predicted molar refractivity (Wildman–Crippen MR) is 77.5 cm³/mol. The maximum absolute atomic E-state index is 5.89. The van der Waals surface area contributed by atoms with Crippen LogP contribution in [0.15, 0.2) is 24.5 Å². The molecule has 2 rings (SSSR count). The van der Waals surface area contributed by atoms with Crippen LogP contribution in [0, 0.1) is 0 Å². The third kappa shape index (κ3) is 3.96. The third-order valence-electron chi connectivity index (χ3n) is 2.54. The van der Waals surface area contributed by atoms with Gasteiger partial charge in [-0.3, -0.25) is 0 Å². The molecule has 3 nitrogen and oxygen atoms in total. The van der Waals surface area contributed by atoms with Crippen molar-refractivity contribution in [3.8, 4) is 0 Å². The fourth-order valence-electron chi connectivity index (χ4n) is 1.69. The number of nitrogens with zero attached hydrogens (tertiary/aromatic N) is 2. The molecule has 0 saturated carbocycles. The first kappa shape index (κ1) is 13.3. The van der Waals surface area contributed by atoms with E-state index in [0.717, 1.165) is 41.7 Å². The number of hydrogen-bond acceptors (Lipinski definition) is 4. The van der Waals surface area contributed by atoms with Crippen LogP contribution in [-0.4, -0.2) is 16.5 Å². The smallest absolute Gasteiger partial charge is 0.129 e. The van der Waals surface area contributed by atoms with Crippen molar-refractivity contribution in [2.24, 2.45) is 0 Å². The Kier molecular flexibility index (Phi) is 4.96. The molecule has 0 aromatic carbocycles. The zero-order chi connectivity index (χ0) is 12.8. The summed E-state index contributed by atoms with van der Waals surface area (Å²) >= 11 is 7.52. The van der Waals surface area contributed by atoms with E-state index >= 15 is 0 Å². The minimum atomic E-state index is 0.845. The Morgan fingerprint density at radius 3 is 2.89 bits per heavy atom. The van der Waals surface area contributed by atoms with Crippen molar-refractivity contribution in [2.45, 2.75) is 26.2 Å². The van der Waals surface area contributed by atoms with Crippen molar-refractivity contribution >= 4 is 28.8 Å². The van der Waals surface area contributed by atoms with Gasteiger partial charge in [-0.25, -0.2) is 9.97 Å². The van der Waals surface area contributed by atoms with Crippen LogP contribution in [0.5, 0.6) is 0 Å². The summed E-state index contributed by atoms with van der Waals surface area (Å²) in [6, 6.07) is 6.02. The maximum Gasteiger partial charge on any atom is 0.129 e. The molecule has 0 saturated heterocycles. The second kappa shape index (κ2) is 6.71. The maximum atomic E-state index is 5.89. The Morgan fingerprint density at radius 2 is 2.17 bits per heavy atom. The van der Waals surface area contributed by atoms with Gasteiger partial charge in [-0.2, -0.15) is 0 Å². The quantitative estimate of drug-likeness (QED) is 0.875. The van der Waals surface area contributed by atoms with Gasteiger partial charge in [0.1, 0.15) is 12.1 Å². The van der Waals surface area contributed by atoms with Crippen molar-refractivity contribution in [3.63, 3.8) is 0 Å². The van der Waals surface area contributed by atoms with Crippen molar-refractivity contribution in [1.82, 2.24) is 9.97 Å². The lowest BCUT2D eigenvalue weighted by atomic mass is 10.2. The van der Waals surface area contributed by atoms with E-state index < -0.39 is 0 Å². The Hall–Kier alpha value is -1.13. The minimum absolute atomic E-state index is 0.845. The molecule has 2 heterocycles. The lowest BCUT2D eigenvalue weighted by molar-refractivity contribution is 0.871. The fraction of sp³-hybridized carbons (Fsp3) is 0.385. The summed E-state index contributed by atoms with van der Waals surface area (Å²) in [5, 5.41) is 3.31. The topological polar surface area (TPSA) is 37.8 Å². The number of anilines is 1. The Morgan fingerprint density at radius 1 is 1.28 bits per heavy atom. The number of aryl methyl sites for hydroxylation is 1. The van der Waals surface area contributed by atoms with E-state index in [1.807, 2.05) is 12.1 Å². The van der Waals surface area contributed by atoms with Crippen LogP contribution in [0.4, 0.5) is 5.82 Å². The molecule has 0 atom stereocenters. The van der Waals surface area contributed by atoms with Crippen molar-refractivity contribution < 1.29 is 0 Å². The first-order valence-corrected chi connectivity index (χ1v) is 7.26. The molecule has 0 radical (unpaired) electrons. The number of hydrogen-bond donors (Lipinski definition) is 1. The van der Waals surface area contributed by atoms with Gasteiger partial charge in [0.2, 0.25) is 0 Å². The molecule has 5 heteroatoms. The molecule has 0 unspecified atom stereocenters. The van der Waals surface area contributed by atoms with Crippen LogP contribution in [0.25, 0.3) is 0 Å². The molecule has 18 heavy (non-hydrogen) atoms. The molecule has 1 N–H and O–H groups in total. The molecule has 0 fully saturated rings. The van der Waals surface area contributed by atoms with E-state index in [1.165, 1.54) is 4.88 Å². The van der Waals surface area contributed by atoms with Gasteiger partial charge in [0.15, 0.2) is 0 Å². The molecule has 96 valence electrons. The molecular weight excluding hydrogens is 266 g/mol. The Balaban J connectivity index is 1.84. The number of aromatic nitrogens is 2. The van der Waals surface area contributed by atoms with E-state index in [-0.39, 0.29) is 0 Å². The standard InChI is InChI=1S/C13H16ClN3S/c1-2-3-10-8-13(17-9-16-10)15-7-6-11-4-5-12(14)18-11/h4-5,8-9H,2-3,6-7H2,1H3,(H,15,16,17). The molecular formula is C13H16ClN3S. The van der Waals surface area contributed by atoms with E-state index in [0.29, 0.717) is 0 Å². The summed E-state index contributed by atoms with van der Waals surface area (Å²) in [6.45, 7) is 3.01. The molecule has 0 aliphatic rings. The van der Waals surface area contributed by atoms with E-state index in [9.17, 15) is 0 Å². The summed E-state index contributed by atoms with van der Waals surface area (Å²) in [6.07, 6.45) is 4.68. The molecule has 2 aromatic heterocycles. The number of halogens is 1. The number of thiophene rings is 1. The van der Waals surface area contributed by atoms with Gasteiger partial charge in [-0.1, -0.05) is 24.9 Å². The van der Waals surface area contributed by atoms with Crippen LogP contribution in [0.3, 0.4) is 0 Å². The summed E-state index contributed by atoms with van der Waals surface area (Å²) < 4.78 is 0.845. The summed E-state index contributed by atoms with van der Waals surface area (Å²) in [4.78, 5) is 9.73. The van der Waals surface area contributed by atoms with E-state index in [2.05, 4.69) is 28.3 Å². The molecule has 2 aromatic rings. The van der Waals surface area contributed by atoms with Gasteiger partial charge < -0.3 is 5.32 Å². The average molecular weight is 282 g/mol. The Bertz CT molecular complexity index is 498. The number of rotatable bonds is 6. The highest BCUT2D eigenvalue weighted by atomic mass is 35.5. The van der Waals surface area contributed by atoms with Crippen LogP contribution < -0.4 is 5.32 Å². The summed E-state index contributed by atoms with van der Waals surface area (Å²) in [7, 11) is 0. The third-order valence-corrected chi connectivity index (χ3v) is 3.83. The zero-order valence-electron chi connectivity index (χ0n) is 10.3.